The molecule has 2 atom stereocenters. The number of nitrogens with one attached hydrogen (secondary N) is 1. The van der Waals surface area contributed by atoms with Crippen molar-refractivity contribution in [1.82, 2.24) is 5.32 Å². The number of carbonyl (C=O) groups is 2. The van der Waals surface area contributed by atoms with Gasteiger partial charge >= 0.3 is 5.97 Å². The second-order valence-corrected chi connectivity index (χ2v) is 22.5. The number of unbranched alkanes of at least 4 members (excludes halogenated alkanes) is 48. The highest BCUT2D eigenvalue weighted by Crippen LogP contribution is 2.18. The molecule has 0 aromatic rings. The third kappa shape index (κ3) is 57.7. The highest BCUT2D eigenvalue weighted by atomic mass is 16.5. The van der Waals surface area contributed by atoms with E-state index in [-0.39, 0.29) is 18.5 Å². The van der Waals surface area contributed by atoms with Gasteiger partial charge in [0.2, 0.25) is 5.91 Å². The molecule has 0 aliphatic heterocycles. The lowest BCUT2D eigenvalue weighted by molar-refractivity contribution is -0.143. The number of aliphatic hydroxyl groups excluding tert-OH is 2. The number of carbonyl (C=O) groups excluding carboxylic acids is 2. The lowest BCUT2D eigenvalue weighted by Crippen LogP contribution is -2.45. The van der Waals surface area contributed by atoms with E-state index in [2.05, 4.69) is 31.3 Å². The SMILES string of the molecule is CCCCCCCCCCCCCCCCCCCC(=O)OCCCCCCCCCCCC/C=C\CCCCCCCCCC(=O)NC(CO)C(O)CCCCCCCCCCCCCCCCCC. The molecule has 1 amide bonds. The summed E-state index contributed by atoms with van der Waals surface area (Å²) in [6, 6.07) is -0.546. The van der Waals surface area contributed by atoms with Gasteiger partial charge in [0.15, 0.2) is 0 Å². The zero-order valence-electron chi connectivity index (χ0n) is 48.2. The lowest BCUT2D eigenvalue weighted by atomic mass is 10.0. The maximum absolute atomic E-state index is 12.5. The first kappa shape index (κ1) is 69.6. The predicted octanol–water partition coefficient (Wildman–Crippen LogP) is 20.4. The average molecular weight is 1000 g/mol. The fraction of sp³-hybridized carbons (Fsp3) is 0.938. The van der Waals surface area contributed by atoms with Crippen molar-refractivity contribution in [2.45, 2.75) is 379 Å². The van der Waals surface area contributed by atoms with Crippen LogP contribution in [0.15, 0.2) is 12.2 Å². The minimum atomic E-state index is -0.668. The summed E-state index contributed by atoms with van der Waals surface area (Å²) in [6.45, 7) is 4.98. The quantitative estimate of drug-likeness (QED) is 0.0320. The van der Waals surface area contributed by atoms with E-state index in [4.69, 9.17) is 4.74 Å². The van der Waals surface area contributed by atoms with Gasteiger partial charge < -0.3 is 20.3 Å². The first-order valence-corrected chi connectivity index (χ1v) is 32.4. The van der Waals surface area contributed by atoms with Gasteiger partial charge in [-0.15, -0.1) is 0 Å². The third-order valence-corrected chi connectivity index (χ3v) is 15.3. The van der Waals surface area contributed by atoms with Crippen molar-refractivity contribution in [3.8, 4) is 0 Å². The number of amides is 1. The molecule has 0 radical (unpaired) electrons. The monoisotopic (exact) mass is 1000 g/mol. The van der Waals surface area contributed by atoms with Gasteiger partial charge in [0.1, 0.15) is 0 Å². The summed E-state index contributed by atoms with van der Waals surface area (Å²) in [5.41, 5.74) is 0. The molecule has 3 N–H and O–H groups in total. The summed E-state index contributed by atoms with van der Waals surface area (Å²) in [7, 11) is 0. The van der Waals surface area contributed by atoms with Crippen LogP contribution in [0.5, 0.6) is 0 Å². The van der Waals surface area contributed by atoms with Crippen LogP contribution in [0, 0.1) is 0 Å². The first-order chi connectivity index (χ1) is 35.0. The summed E-state index contributed by atoms with van der Waals surface area (Å²) in [5.74, 6) is -0.0267. The van der Waals surface area contributed by atoms with Crippen molar-refractivity contribution in [2.24, 2.45) is 0 Å². The largest absolute Gasteiger partial charge is 0.466 e. The predicted molar refractivity (Wildman–Crippen MR) is 310 cm³/mol. The highest BCUT2D eigenvalue weighted by Gasteiger charge is 2.20. The Hall–Kier alpha value is -1.40. The van der Waals surface area contributed by atoms with Crippen LogP contribution in [0.1, 0.15) is 367 Å². The van der Waals surface area contributed by atoms with Crippen LogP contribution in [0.3, 0.4) is 0 Å². The molecule has 0 rings (SSSR count). The molecule has 6 nitrogen and oxygen atoms in total. The lowest BCUT2D eigenvalue weighted by Gasteiger charge is -2.22. The Kier molecular flexibility index (Phi) is 59.9. The summed E-state index contributed by atoms with van der Waals surface area (Å²) in [4.78, 5) is 24.6. The maximum Gasteiger partial charge on any atom is 0.305 e. The molecule has 2 unspecified atom stereocenters. The molecule has 0 spiro atoms. The van der Waals surface area contributed by atoms with E-state index in [1.807, 2.05) is 0 Å². The molecular formula is C65H127NO5. The van der Waals surface area contributed by atoms with Gasteiger partial charge in [-0.3, -0.25) is 9.59 Å². The van der Waals surface area contributed by atoms with Crippen LogP contribution in [-0.2, 0) is 14.3 Å². The van der Waals surface area contributed by atoms with E-state index in [1.165, 1.54) is 295 Å². The molecular weight excluding hydrogens is 875 g/mol. The Morgan fingerprint density at radius 1 is 0.380 bits per heavy atom. The van der Waals surface area contributed by atoms with Crippen molar-refractivity contribution >= 4 is 11.9 Å². The Labute approximate surface area is 444 Å². The first-order valence-electron chi connectivity index (χ1n) is 32.4. The van der Waals surface area contributed by atoms with Gasteiger partial charge in [-0.1, -0.05) is 315 Å². The number of esters is 1. The van der Waals surface area contributed by atoms with E-state index in [9.17, 15) is 19.8 Å². The van der Waals surface area contributed by atoms with Crippen LogP contribution in [0.4, 0.5) is 0 Å². The number of allylic oxidation sites excluding steroid dienone is 2. The van der Waals surface area contributed by atoms with Gasteiger partial charge in [-0.25, -0.2) is 0 Å². The zero-order valence-corrected chi connectivity index (χ0v) is 48.2. The normalized spacial score (nSPS) is 12.6. The number of hydrogen-bond donors (Lipinski definition) is 3. The Morgan fingerprint density at radius 3 is 1.00 bits per heavy atom. The smallest absolute Gasteiger partial charge is 0.305 e. The minimum Gasteiger partial charge on any atom is -0.466 e. The summed E-state index contributed by atoms with van der Waals surface area (Å²) in [5, 5.41) is 23.3. The van der Waals surface area contributed by atoms with Crippen LogP contribution >= 0.6 is 0 Å². The fourth-order valence-corrected chi connectivity index (χ4v) is 10.3. The summed E-state index contributed by atoms with van der Waals surface area (Å²) in [6.07, 6.45) is 73.7. The van der Waals surface area contributed by atoms with E-state index in [0.29, 0.717) is 25.9 Å². The molecule has 0 bridgehead atoms. The standard InChI is InChI=1S/C65H127NO5/c1-3-5-7-9-11-13-15-17-19-26-31-35-39-43-47-51-55-59-65(70)71-60-56-52-48-44-40-36-32-28-25-23-21-22-24-27-30-34-38-42-46-50-54-58-64(69)66-62(61-67)63(68)57-53-49-45-41-37-33-29-20-18-16-14-12-10-8-6-4-2/h22,24,62-63,67-68H,3-21,23,25-61H2,1-2H3,(H,66,69)/b24-22-. The van der Waals surface area contributed by atoms with E-state index >= 15 is 0 Å². The van der Waals surface area contributed by atoms with Crippen molar-refractivity contribution < 1.29 is 24.5 Å². The van der Waals surface area contributed by atoms with Crippen molar-refractivity contribution in [1.29, 1.82) is 0 Å². The van der Waals surface area contributed by atoms with Gasteiger partial charge in [0.05, 0.1) is 25.4 Å². The summed E-state index contributed by atoms with van der Waals surface area (Å²) >= 11 is 0. The molecule has 0 saturated heterocycles. The van der Waals surface area contributed by atoms with Crippen molar-refractivity contribution in [3.05, 3.63) is 12.2 Å². The maximum atomic E-state index is 12.5. The molecule has 0 fully saturated rings. The van der Waals surface area contributed by atoms with Crippen LogP contribution in [-0.4, -0.2) is 47.4 Å². The van der Waals surface area contributed by atoms with Crippen molar-refractivity contribution in [3.63, 3.8) is 0 Å². The van der Waals surface area contributed by atoms with E-state index in [0.717, 1.165) is 38.5 Å². The van der Waals surface area contributed by atoms with Gasteiger partial charge in [-0.05, 0) is 51.4 Å². The van der Waals surface area contributed by atoms with Gasteiger partial charge in [0, 0.05) is 12.8 Å². The number of ether oxygens (including phenoxy) is 1. The minimum absolute atomic E-state index is 0.0131. The molecule has 71 heavy (non-hydrogen) atoms. The molecule has 0 saturated carbocycles. The zero-order chi connectivity index (χ0) is 51.4. The van der Waals surface area contributed by atoms with E-state index in [1.54, 1.807) is 0 Å². The molecule has 6 heteroatoms. The fourth-order valence-electron chi connectivity index (χ4n) is 10.3. The number of hydrogen-bond acceptors (Lipinski definition) is 5. The number of aliphatic hydroxyl groups is 2. The van der Waals surface area contributed by atoms with Crippen LogP contribution < -0.4 is 5.32 Å². The molecule has 0 aliphatic carbocycles. The van der Waals surface area contributed by atoms with E-state index < -0.39 is 12.1 Å². The second-order valence-electron chi connectivity index (χ2n) is 22.5. The number of rotatable bonds is 61. The highest BCUT2D eigenvalue weighted by molar-refractivity contribution is 5.76. The second kappa shape index (κ2) is 61.1. The third-order valence-electron chi connectivity index (χ3n) is 15.3. The van der Waals surface area contributed by atoms with Crippen LogP contribution in [0.25, 0.3) is 0 Å². The van der Waals surface area contributed by atoms with Crippen LogP contribution in [0.2, 0.25) is 0 Å². The van der Waals surface area contributed by atoms with Gasteiger partial charge in [-0.2, -0.15) is 0 Å². The average Bonchev–Trinajstić information content (AvgIpc) is 3.37. The van der Waals surface area contributed by atoms with Gasteiger partial charge in [0.25, 0.3) is 0 Å². The molecule has 0 aromatic carbocycles. The molecule has 0 heterocycles. The van der Waals surface area contributed by atoms with Crippen molar-refractivity contribution in [2.75, 3.05) is 13.2 Å². The Morgan fingerprint density at radius 2 is 0.662 bits per heavy atom. The molecule has 422 valence electrons. The Balaban J connectivity index is 3.40. The Bertz CT molecular complexity index is 1060. The molecule has 0 aliphatic rings. The molecule has 0 aromatic heterocycles. The summed E-state index contributed by atoms with van der Waals surface area (Å²) < 4.78 is 5.50. The topological polar surface area (TPSA) is 95.9 Å².